The summed E-state index contributed by atoms with van der Waals surface area (Å²) in [5, 5.41) is 17.4. The normalized spacial score (nSPS) is 21.3. The summed E-state index contributed by atoms with van der Waals surface area (Å²) in [6.45, 7) is 7.85. The van der Waals surface area contributed by atoms with Gasteiger partial charge in [-0.25, -0.2) is 14.8 Å². The van der Waals surface area contributed by atoms with Crippen molar-refractivity contribution in [3.8, 4) is 0 Å². The Labute approximate surface area is 244 Å². The fourth-order valence-electron chi connectivity index (χ4n) is 5.25. The Hall–Kier alpha value is -4.53. The largest absolute Gasteiger partial charge is 0.480 e. The summed E-state index contributed by atoms with van der Waals surface area (Å²) < 4.78 is 0.535. The molecule has 1 unspecified atom stereocenters. The molecule has 42 heavy (non-hydrogen) atoms. The first-order chi connectivity index (χ1) is 20.0. The standard InChI is InChI=1S/C27H30N8O6S/c1-5-28-26-29-12-14-19(33-26)34(6-2)22(38)16(30-14)21(37)31-15(13-10-8-7-9-11-13)20(36)32-17-23(39)35-18(25(40)41)27(3,4)42-24(17)35/h7-12,15,17-18,24H,5-6H2,1-4H3,(H,31,37)(H,32,36)(H,40,41)(H,28,29,33)/t15?,17-,18+,24-/m1/s1. The van der Waals surface area contributed by atoms with Crippen molar-refractivity contribution >= 4 is 52.6 Å². The molecule has 2 saturated heterocycles. The minimum Gasteiger partial charge on any atom is -0.480 e. The fraction of sp³-hybridized carbons (Fsp3) is 0.407. The average Bonchev–Trinajstić information content (AvgIpc) is 3.22. The van der Waals surface area contributed by atoms with Gasteiger partial charge < -0.3 is 26.0 Å². The number of anilines is 1. The van der Waals surface area contributed by atoms with E-state index in [2.05, 4.69) is 30.9 Å². The quantitative estimate of drug-likeness (QED) is 0.256. The number of nitrogens with zero attached hydrogens (tertiary/aromatic N) is 5. The summed E-state index contributed by atoms with van der Waals surface area (Å²) in [5.41, 5.74) is -0.249. The van der Waals surface area contributed by atoms with Crippen molar-refractivity contribution in [3.63, 3.8) is 0 Å². The lowest BCUT2D eigenvalue weighted by Gasteiger charge is -2.44. The van der Waals surface area contributed by atoms with Gasteiger partial charge in [-0.1, -0.05) is 30.3 Å². The van der Waals surface area contributed by atoms with Crippen LogP contribution in [0.4, 0.5) is 5.95 Å². The molecule has 3 amide bonds. The zero-order valence-corrected chi connectivity index (χ0v) is 24.1. The van der Waals surface area contributed by atoms with E-state index in [4.69, 9.17) is 0 Å². The number of carboxylic acids is 1. The van der Waals surface area contributed by atoms with Crippen LogP contribution in [0.25, 0.3) is 11.2 Å². The van der Waals surface area contributed by atoms with Gasteiger partial charge in [0.1, 0.15) is 29.0 Å². The van der Waals surface area contributed by atoms with E-state index in [1.807, 2.05) is 6.92 Å². The zero-order valence-electron chi connectivity index (χ0n) is 23.3. The van der Waals surface area contributed by atoms with E-state index in [1.54, 1.807) is 51.1 Å². The maximum Gasteiger partial charge on any atom is 0.327 e. The molecule has 2 fully saturated rings. The Morgan fingerprint density at radius 1 is 1.12 bits per heavy atom. The molecule has 0 spiro atoms. The Balaban J connectivity index is 1.43. The van der Waals surface area contributed by atoms with E-state index in [0.29, 0.717) is 18.1 Å². The number of aliphatic carboxylic acids is 1. The number of hydrogen-bond donors (Lipinski definition) is 4. The summed E-state index contributed by atoms with van der Waals surface area (Å²) in [7, 11) is 0. The molecule has 0 bridgehead atoms. The molecule has 0 radical (unpaired) electrons. The molecule has 2 aliphatic heterocycles. The predicted octanol–water partition coefficient (Wildman–Crippen LogP) is 0.741. The Bertz CT molecular complexity index is 1640. The summed E-state index contributed by atoms with van der Waals surface area (Å²) in [6.07, 6.45) is 1.41. The third-order valence-electron chi connectivity index (χ3n) is 7.20. The second-order valence-corrected chi connectivity index (χ2v) is 12.1. The van der Waals surface area contributed by atoms with Crippen LogP contribution in [0.15, 0.2) is 41.3 Å². The van der Waals surface area contributed by atoms with Gasteiger partial charge in [0, 0.05) is 17.8 Å². The minimum absolute atomic E-state index is 0.205. The third-order valence-corrected chi connectivity index (χ3v) is 8.77. The molecular formula is C27H30N8O6S. The molecule has 1 aromatic carbocycles. The van der Waals surface area contributed by atoms with Crippen LogP contribution in [-0.2, 0) is 20.9 Å². The molecule has 0 aliphatic carbocycles. The third kappa shape index (κ3) is 4.93. The molecule has 3 aromatic rings. The molecule has 4 N–H and O–H groups in total. The molecule has 15 heteroatoms. The van der Waals surface area contributed by atoms with Crippen LogP contribution in [-0.4, -0.2) is 82.0 Å². The number of hydrogen-bond acceptors (Lipinski definition) is 10. The lowest BCUT2D eigenvalue weighted by atomic mass is 9.95. The van der Waals surface area contributed by atoms with Crippen molar-refractivity contribution < 1.29 is 24.3 Å². The Morgan fingerprint density at radius 2 is 1.83 bits per heavy atom. The van der Waals surface area contributed by atoms with E-state index < -0.39 is 63.2 Å². The maximum absolute atomic E-state index is 13.6. The molecular weight excluding hydrogens is 564 g/mol. The molecule has 2 aromatic heterocycles. The minimum atomic E-state index is -1.28. The van der Waals surface area contributed by atoms with Gasteiger partial charge in [-0.15, -0.1) is 11.8 Å². The first-order valence-corrected chi connectivity index (χ1v) is 14.3. The molecule has 220 valence electrons. The number of thioether (sulfide) groups is 1. The van der Waals surface area contributed by atoms with E-state index in [-0.39, 0.29) is 17.7 Å². The van der Waals surface area contributed by atoms with E-state index in [1.165, 1.54) is 27.4 Å². The van der Waals surface area contributed by atoms with Gasteiger partial charge in [-0.2, -0.15) is 4.98 Å². The number of aryl methyl sites for hydroxylation is 1. The van der Waals surface area contributed by atoms with Gasteiger partial charge in [0.15, 0.2) is 11.3 Å². The van der Waals surface area contributed by atoms with Crippen molar-refractivity contribution in [2.45, 2.75) is 62.5 Å². The summed E-state index contributed by atoms with van der Waals surface area (Å²) in [5.74, 6) is -2.91. The van der Waals surface area contributed by atoms with Crippen molar-refractivity contribution in [2.75, 3.05) is 11.9 Å². The summed E-state index contributed by atoms with van der Waals surface area (Å²) in [6, 6.07) is 5.07. The molecule has 14 nitrogen and oxygen atoms in total. The van der Waals surface area contributed by atoms with Crippen LogP contribution in [0.5, 0.6) is 0 Å². The van der Waals surface area contributed by atoms with Gasteiger partial charge in [-0.05, 0) is 33.3 Å². The highest BCUT2D eigenvalue weighted by Crippen LogP contribution is 2.50. The SMILES string of the molecule is CCNc1ncc2nc(C(=O)NC(C(=O)N[C@@H]3C(=O)N4[C@@H]3SC(C)(C)[C@@H]4C(=O)O)c3ccccc3)c(=O)n(CC)c2n1. The smallest absolute Gasteiger partial charge is 0.327 e. The monoisotopic (exact) mass is 594 g/mol. The summed E-state index contributed by atoms with van der Waals surface area (Å²) >= 11 is 1.29. The molecule has 5 rings (SSSR count). The number of carboxylic acid groups (broad SMARTS) is 1. The van der Waals surface area contributed by atoms with Crippen molar-refractivity contribution in [2.24, 2.45) is 0 Å². The van der Waals surface area contributed by atoms with Crippen LogP contribution in [0.3, 0.4) is 0 Å². The lowest BCUT2D eigenvalue weighted by Crippen LogP contribution is -2.71. The number of aromatic nitrogens is 4. The van der Waals surface area contributed by atoms with Crippen LogP contribution in [0, 0.1) is 0 Å². The Morgan fingerprint density at radius 3 is 2.48 bits per heavy atom. The zero-order chi connectivity index (χ0) is 30.3. The first kappa shape index (κ1) is 29.0. The molecule has 4 heterocycles. The lowest BCUT2D eigenvalue weighted by molar-refractivity contribution is -0.161. The van der Waals surface area contributed by atoms with Gasteiger partial charge in [-0.3, -0.25) is 23.7 Å². The van der Waals surface area contributed by atoms with E-state index >= 15 is 0 Å². The number of benzene rings is 1. The van der Waals surface area contributed by atoms with Crippen LogP contribution < -0.4 is 21.5 Å². The van der Waals surface area contributed by atoms with Gasteiger partial charge in [0.25, 0.3) is 11.5 Å². The summed E-state index contributed by atoms with van der Waals surface area (Å²) in [4.78, 5) is 79.2. The topological polar surface area (TPSA) is 189 Å². The Kier molecular flexibility index (Phi) is 7.62. The van der Waals surface area contributed by atoms with Crippen LogP contribution in [0.2, 0.25) is 0 Å². The number of amides is 3. The number of fused-ring (bicyclic) bond motifs is 2. The number of carbonyl (C=O) groups is 4. The maximum atomic E-state index is 13.6. The number of β-lactam (4-membered cyclic amide) rings is 1. The molecule has 2 aliphatic rings. The van der Waals surface area contributed by atoms with Crippen molar-refractivity contribution in [1.82, 2.24) is 35.1 Å². The number of rotatable bonds is 9. The van der Waals surface area contributed by atoms with Gasteiger partial charge in [0.2, 0.25) is 17.8 Å². The second kappa shape index (κ2) is 11.0. The van der Waals surface area contributed by atoms with Gasteiger partial charge >= 0.3 is 5.97 Å². The highest BCUT2D eigenvalue weighted by molar-refractivity contribution is 8.01. The highest BCUT2D eigenvalue weighted by atomic mass is 32.2. The number of carbonyl (C=O) groups excluding carboxylic acids is 3. The fourth-order valence-corrected chi connectivity index (χ4v) is 6.87. The predicted molar refractivity (Wildman–Crippen MR) is 154 cm³/mol. The molecule has 4 atom stereocenters. The van der Waals surface area contributed by atoms with Crippen LogP contribution >= 0.6 is 11.8 Å². The van der Waals surface area contributed by atoms with Crippen molar-refractivity contribution in [1.29, 1.82) is 0 Å². The van der Waals surface area contributed by atoms with Gasteiger partial charge in [0.05, 0.1) is 6.20 Å². The average molecular weight is 595 g/mol. The van der Waals surface area contributed by atoms with Crippen molar-refractivity contribution in [3.05, 3.63) is 58.1 Å². The van der Waals surface area contributed by atoms with E-state index in [0.717, 1.165) is 0 Å². The first-order valence-electron chi connectivity index (χ1n) is 13.4. The van der Waals surface area contributed by atoms with E-state index in [9.17, 15) is 29.1 Å². The molecule has 0 saturated carbocycles. The second-order valence-electron chi connectivity index (χ2n) is 10.3. The number of nitrogens with one attached hydrogen (secondary N) is 3. The highest BCUT2D eigenvalue weighted by Gasteiger charge is 2.64. The van der Waals surface area contributed by atoms with Crippen LogP contribution in [0.1, 0.15) is 49.8 Å².